The molecule has 0 bridgehead atoms. The molecule has 0 radical (unpaired) electrons. The number of aliphatic hydroxyl groups excluding tert-OH is 1. The third-order valence-corrected chi connectivity index (χ3v) is 9.60. The Labute approximate surface area is 261 Å². The molecule has 43 heavy (non-hydrogen) atoms. The fourth-order valence-electron chi connectivity index (χ4n) is 6.37. The van der Waals surface area contributed by atoms with E-state index in [0.717, 1.165) is 62.6 Å². The number of hydrogen-bond donors (Lipinski definition) is 3. The number of likely N-dealkylation sites (tertiary alicyclic amines) is 1. The van der Waals surface area contributed by atoms with Gasteiger partial charge in [0, 0.05) is 57.8 Å². The monoisotopic (exact) mass is 603 g/mol. The number of benzene rings is 1. The highest BCUT2D eigenvalue weighted by Crippen LogP contribution is 2.33. The minimum atomic E-state index is -0.611. The van der Waals surface area contributed by atoms with E-state index in [9.17, 15) is 9.90 Å². The van der Waals surface area contributed by atoms with E-state index < -0.39 is 6.10 Å². The largest absolute Gasteiger partial charge is 0.493 e. The van der Waals surface area contributed by atoms with Gasteiger partial charge >= 0.3 is 0 Å². The molecular formula is C35H61N3O5. The highest BCUT2D eigenvalue weighted by Gasteiger charge is 2.33. The van der Waals surface area contributed by atoms with Gasteiger partial charge in [0.25, 0.3) is 0 Å². The minimum Gasteiger partial charge on any atom is -0.493 e. The average Bonchev–Trinajstić information content (AvgIpc) is 3.80. The Hall–Kier alpha value is -1.87. The van der Waals surface area contributed by atoms with Crippen LogP contribution >= 0.6 is 0 Å². The zero-order chi connectivity index (χ0) is 31.4. The number of rotatable bonds is 20. The highest BCUT2D eigenvalue weighted by molar-refractivity contribution is 5.79. The summed E-state index contributed by atoms with van der Waals surface area (Å²) in [5.41, 5.74) is 1.19. The Bertz CT molecular complexity index is 945. The molecule has 3 rings (SSSR count). The number of hydrogen-bond acceptors (Lipinski definition) is 7. The SMILES string of the molecule is CN[C@@H](C[C@H](Cc1ccc(OC)c(OCCCOC)c1)C(C)C)[C@@H](O)C[C@H](C(=O)NC1CCN(CC2CC2)CC1)C(C)C. The number of amides is 1. The molecule has 8 nitrogen and oxygen atoms in total. The molecule has 1 aromatic rings. The van der Waals surface area contributed by atoms with E-state index in [1.54, 1.807) is 14.2 Å². The minimum absolute atomic E-state index is 0.0983. The standard InChI is InChI=1S/C35H61N3O5/c1-24(2)28(19-27-11-12-33(42-7)34(20-27)43-18-8-17-41-6)21-31(36-5)32(39)22-30(25(3)4)35(40)37-29-13-15-38(16-14-29)23-26-9-10-26/h11-12,20,24-26,28-32,36,39H,8-10,13-19,21-23H2,1-7H3,(H,37,40)/t28-,30-,31-,32-/m0/s1. The maximum atomic E-state index is 13.5. The van der Waals surface area contributed by atoms with E-state index in [4.69, 9.17) is 14.2 Å². The van der Waals surface area contributed by atoms with Gasteiger partial charge < -0.3 is 34.9 Å². The molecule has 1 aliphatic heterocycles. The smallest absolute Gasteiger partial charge is 0.223 e. The van der Waals surface area contributed by atoms with Gasteiger partial charge in [-0.1, -0.05) is 33.8 Å². The number of methoxy groups -OCH3 is 2. The summed E-state index contributed by atoms with van der Waals surface area (Å²) in [7, 11) is 5.28. The van der Waals surface area contributed by atoms with Gasteiger partial charge in [-0.05, 0) is 93.4 Å². The Kier molecular flexibility index (Phi) is 15.1. The van der Waals surface area contributed by atoms with E-state index in [2.05, 4.69) is 55.4 Å². The first kappa shape index (κ1) is 35.6. The van der Waals surface area contributed by atoms with Gasteiger partial charge in [0.2, 0.25) is 5.91 Å². The van der Waals surface area contributed by atoms with Crippen molar-refractivity contribution < 1.29 is 24.1 Å². The zero-order valence-corrected chi connectivity index (χ0v) is 28.1. The first-order chi connectivity index (χ1) is 20.6. The second-order valence-electron chi connectivity index (χ2n) is 13.7. The van der Waals surface area contributed by atoms with Crippen molar-refractivity contribution >= 4 is 5.91 Å². The fraction of sp³-hybridized carbons (Fsp3) is 0.800. The lowest BCUT2D eigenvalue weighted by Gasteiger charge is -2.35. The molecule has 4 atom stereocenters. The quantitative estimate of drug-likeness (QED) is 0.182. The van der Waals surface area contributed by atoms with Crippen molar-refractivity contribution in [3.63, 3.8) is 0 Å². The molecule has 2 fully saturated rings. The molecule has 0 spiro atoms. The van der Waals surface area contributed by atoms with Crippen molar-refractivity contribution in [1.82, 2.24) is 15.5 Å². The summed E-state index contributed by atoms with van der Waals surface area (Å²) in [6.07, 6.45) is 7.16. The number of likely N-dealkylation sites (N-methyl/N-ethyl adjacent to an activating group) is 1. The Balaban J connectivity index is 1.57. The van der Waals surface area contributed by atoms with Crippen LogP contribution in [0.25, 0.3) is 0 Å². The molecule has 246 valence electrons. The van der Waals surface area contributed by atoms with Crippen LogP contribution in [0.2, 0.25) is 0 Å². The van der Waals surface area contributed by atoms with Crippen LogP contribution in [0.1, 0.15) is 78.2 Å². The summed E-state index contributed by atoms with van der Waals surface area (Å²) in [5.74, 6) is 3.20. The number of ether oxygens (including phenoxy) is 3. The molecule has 1 amide bonds. The summed E-state index contributed by atoms with van der Waals surface area (Å²) in [6, 6.07) is 6.31. The second kappa shape index (κ2) is 18.2. The lowest BCUT2D eigenvalue weighted by molar-refractivity contribution is -0.128. The summed E-state index contributed by atoms with van der Waals surface area (Å²) >= 11 is 0. The van der Waals surface area contributed by atoms with E-state index in [0.29, 0.717) is 31.5 Å². The maximum absolute atomic E-state index is 13.5. The molecule has 1 aromatic carbocycles. The van der Waals surface area contributed by atoms with Gasteiger partial charge in [-0.25, -0.2) is 0 Å². The number of carbonyl (C=O) groups excluding carboxylic acids is 1. The Morgan fingerprint density at radius 1 is 1.00 bits per heavy atom. The second-order valence-corrected chi connectivity index (χ2v) is 13.7. The van der Waals surface area contributed by atoms with Crippen LogP contribution in [0.4, 0.5) is 0 Å². The number of nitrogens with zero attached hydrogens (tertiary/aromatic N) is 1. The number of carbonyl (C=O) groups is 1. The number of aliphatic hydroxyl groups is 1. The van der Waals surface area contributed by atoms with Gasteiger partial charge in [0.15, 0.2) is 11.5 Å². The Morgan fingerprint density at radius 3 is 2.30 bits per heavy atom. The van der Waals surface area contributed by atoms with Crippen LogP contribution in [0.15, 0.2) is 18.2 Å². The molecule has 0 aromatic heterocycles. The molecule has 0 unspecified atom stereocenters. The molecule has 2 aliphatic rings. The summed E-state index contributed by atoms with van der Waals surface area (Å²) < 4.78 is 16.7. The van der Waals surface area contributed by atoms with Crippen molar-refractivity contribution in [2.75, 3.05) is 54.1 Å². The van der Waals surface area contributed by atoms with Crippen molar-refractivity contribution in [2.45, 2.75) is 97.2 Å². The van der Waals surface area contributed by atoms with Crippen LogP contribution in [0.5, 0.6) is 11.5 Å². The Morgan fingerprint density at radius 2 is 1.72 bits per heavy atom. The van der Waals surface area contributed by atoms with Crippen LogP contribution in [-0.2, 0) is 16.0 Å². The third kappa shape index (κ3) is 11.9. The first-order valence-corrected chi connectivity index (χ1v) is 16.8. The molecule has 8 heteroatoms. The lowest BCUT2D eigenvalue weighted by Crippen LogP contribution is -2.49. The molecule has 1 aliphatic carbocycles. The topological polar surface area (TPSA) is 92.3 Å². The first-order valence-electron chi connectivity index (χ1n) is 16.8. The predicted octanol–water partition coefficient (Wildman–Crippen LogP) is 4.92. The average molecular weight is 604 g/mol. The molecule has 1 saturated heterocycles. The van der Waals surface area contributed by atoms with Gasteiger partial charge in [-0.3, -0.25) is 4.79 Å². The van der Waals surface area contributed by atoms with Gasteiger partial charge in [0.05, 0.1) is 19.8 Å². The van der Waals surface area contributed by atoms with Gasteiger partial charge in [-0.15, -0.1) is 0 Å². The number of piperidine rings is 1. The van der Waals surface area contributed by atoms with Crippen LogP contribution in [-0.4, -0.2) is 88.2 Å². The van der Waals surface area contributed by atoms with Crippen LogP contribution in [0, 0.1) is 29.6 Å². The maximum Gasteiger partial charge on any atom is 0.223 e. The third-order valence-electron chi connectivity index (χ3n) is 9.60. The molecular weight excluding hydrogens is 542 g/mol. The van der Waals surface area contributed by atoms with Crippen molar-refractivity contribution in [1.29, 1.82) is 0 Å². The highest BCUT2D eigenvalue weighted by atomic mass is 16.5. The molecule has 1 heterocycles. The molecule has 1 saturated carbocycles. The number of nitrogens with one attached hydrogen (secondary N) is 2. The lowest BCUT2D eigenvalue weighted by atomic mass is 9.80. The summed E-state index contributed by atoms with van der Waals surface area (Å²) in [6.45, 7) is 13.3. The van der Waals surface area contributed by atoms with Crippen LogP contribution < -0.4 is 20.1 Å². The van der Waals surface area contributed by atoms with Crippen molar-refractivity contribution in [3.05, 3.63) is 23.8 Å². The van der Waals surface area contributed by atoms with Crippen molar-refractivity contribution in [3.8, 4) is 11.5 Å². The van der Waals surface area contributed by atoms with E-state index in [-0.39, 0.29) is 29.8 Å². The fourth-order valence-corrected chi connectivity index (χ4v) is 6.37. The van der Waals surface area contributed by atoms with E-state index in [1.807, 2.05) is 13.1 Å². The van der Waals surface area contributed by atoms with Crippen molar-refractivity contribution in [2.24, 2.45) is 29.6 Å². The van der Waals surface area contributed by atoms with Crippen LogP contribution in [0.3, 0.4) is 0 Å². The summed E-state index contributed by atoms with van der Waals surface area (Å²) in [5, 5.41) is 18.2. The predicted molar refractivity (Wildman–Crippen MR) is 174 cm³/mol. The summed E-state index contributed by atoms with van der Waals surface area (Å²) in [4.78, 5) is 16.0. The normalized spacial score (nSPS) is 19.3. The molecule has 3 N–H and O–H groups in total. The van der Waals surface area contributed by atoms with E-state index in [1.165, 1.54) is 24.9 Å². The van der Waals surface area contributed by atoms with Gasteiger partial charge in [0.1, 0.15) is 0 Å². The zero-order valence-electron chi connectivity index (χ0n) is 28.1. The van der Waals surface area contributed by atoms with E-state index >= 15 is 0 Å². The van der Waals surface area contributed by atoms with Gasteiger partial charge in [-0.2, -0.15) is 0 Å².